The van der Waals surface area contributed by atoms with Crippen LogP contribution in [0.2, 0.25) is 0 Å². The summed E-state index contributed by atoms with van der Waals surface area (Å²) in [5.41, 5.74) is 0. The molecule has 17 heavy (non-hydrogen) atoms. The van der Waals surface area contributed by atoms with Crippen LogP contribution in [0.15, 0.2) is 18.2 Å². The monoisotopic (exact) mass is 237 g/mol. The highest BCUT2D eigenvalue weighted by Gasteiger charge is 2.25. The maximum absolute atomic E-state index is 13.0. The number of nitrogens with one attached hydrogen (secondary N) is 1. The molecule has 1 aliphatic heterocycles. The standard InChI is InChI=1S/C12H16FN3O/c1-14-12(17)9-4-3-7-16(8-9)11-6-2-5-10(13)15-11/h2,5-6,9H,3-4,7-8H2,1H3,(H,14,17)/t9-/m1/s1. The van der Waals surface area contributed by atoms with Gasteiger partial charge >= 0.3 is 0 Å². The van der Waals surface area contributed by atoms with Gasteiger partial charge in [-0.25, -0.2) is 4.98 Å². The van der Waals surface area contributed by atoms with Gasteiger partial charge in [0.1, 0.15) is 5.82 Å². The van der Waals surface area contributed by atoms with Crippen molar-refractivity contribution in [2.75, 3.05) is 25.0 Å². The van der Waals surface area contributed by atoms with E-state index < -0.39 is 5.95 Å². The first-order chi connectivity index (χ1) is 8.20. The third kappa shape index (κ3) is 2.72. The van der Waals surface area contributed by atoms with Gasteiger partial charge in [0.05, 0.1) is 5.92 Å². The number of aromatic nitrogens is 1. The van der Waals surface area contributed by atoms with Crippen LogP contribution in [0.3, 0.4) is 0 Å². The number of amides is 1. The molecule has 1 fully saturated rings. The Morgan fingerprint density at radius 1 is 1.59 bits per heavy atom. The number of anilines is 1. The highest BCUT2D eigenvalue weighted by atomic mass is 19.1. The highest BCUT2D eigenvalue weighted by molar-refractivity contribution is 5.79. The number of carbonyl (C=O) groups excluding carboxylic acids is 1. The second kappa shape index (κ2) is 5.12. The molecule has 1 N–H and O–H groups in total. The molecule has 0 spiro atoms. The molecule has 0 saturated carbocycles. The fourth-order valence-corrected chi connectivity index (χ4v) is 2.18. The van der Waals surface area contributed by atoms with Crippen LogP contribution in [0.5, 0.6) is 0 Å². The highest BCUT2D eigenvalue weighted by Crippen LogP contribution is 2.21. The summed E-state index contributed by atoms with van der Waals surface area (Å²) in [6.45, 7) is 1.43. The lowest BCUT2D eigenvalue weighted by Crippen LogP contribution is -2.42. The molecule has 0 aromatic carbocycles. The Morgan fingerprint density at radius 3 is 3.12 bits per heavy atom. The molecular weight excluding hydrogens is 221 g/mol. The molecule has 2 rings (SSSR count). The minimum atomic E-state index is -0.482. The van der Waals surface area contributed by atoms with Gasteiger partial charge in [0.25, 0.3) is 0 Å². The Bertz CT molecular complexity index is 410. The topological polar surface area (TPSA) is 45.2 Å². The van der Waals surface area contributed by atoms with Crippen molar-refractivity contribution in [1.82, 2.24) is 10.3 Å². The molecular formula is C12H16FN3O. The van der Waals surface area contributed by atoms with Crippen LogP contribution in [-0.4, -0.2) is 31.0 Å². The maximum atomic E-state index is 13.0. The molecule has 0 radical (unpaired) electrons. The van der Waals surface area contributed by atoms with E-state index in [1.165, 1.54) is 6.07 Å². The van der Waals surface area contributed by atoms with Crippen molar-refractivity contribution < 1.29 is 9.18 Å². The lowest BCUT2D eigenvalue weighted by atomic mass is 9.97. The first-order valence-electron chi connectivity index (χ1n) is 5.80. The fourth-order valence-electron chi connectivity index (χ4n) is 2.18. The number of nitrogens with zero attached hydrogens (tertiary/aromatic N) is 2. The van der Waals surface area contributed by atoms with Crippen LogP contribution < -0.4 is 10.2 Å². The minimum Gasteiger partial charge on any atom is -0.359 e. The predicted octanol–water partition coefficient (Wildman–Crippen LogP) is 1.18. The molecule has 1 aromatic rings. The minimum absolute atomic E-state index is 0.0289. The van der Waals surface area contributed by atoms with Crippen molar-refractivity contribution in [2.45, 2.75) is 12.8 Å². The zero-order valence-corrected chi connectivity index (χ0v) is 9.82. The molecule has 2 heterocycles. The van der Waals surface area contributed by atoms with E-state index in [1.54, 1.807) is 19.2 Å². The summed E-state index contributed by atoms with van der Waals surface area (Å²) in [5, 5.41) is 2.66. The lowest BCUT2D eigenvalue weighted by molar-refractivity contribution is -0.124. The third-order valence-corrected chi connectivity index (χ3v) is 3.06. The zero-order valence-electron chi connectivity index (χ0n) is 9.82. The molecule has 92 valence electrons. The molecule has 0 unspecified atom stereocenters. The van der Waals surface area contributed by atoms with E-state index in [0.717, 1.165) is 19.4 Å². The van der Waals surface area contributed by atoms with E-state index in [2.05, 4.69) is 10.3 Å². The Labute approximate surface area is 99.8 Å². The van der Waals surface area contributed by atoms with Crippen LogP contribution in [0.4, 0.5) is 10.2 Å². The smallest absolute Gasteiger partial charge is 0.224 e. The fraction of sp³-hybridized carbons (Fsp3) is 0.500. The Kier molecular flexibility index (Phi) is 3.56. The first-order valence-corrected chi connectivity index (χ1v) is 5.80. The molecule has 1 aliphatic rings. The van der Waals surface area contributed by atoms with Gasteiger partial charge in [-0.1, -0.05) is 6.07 Å². The molecule has 1 saturated heterocycles. The summed E-state index contributed by atoms with van der Waals surface area (Å²) in [6.07, 6.45) is 1.81. The maximum Gasteiger partial charge on any atom is 0.224 e. The average molecular weight is 237 g/mol. The van der Waals surface area contributed by atoms with Gasteiger partial charge in [-0.2, -0.15) is 4.39 Å². The predicted molar refractivity (Wildman–Crippen MR) is 63.2 cm³/mol. The van der Waals surface area contributed by atoms with Crippen LogP contribution in [0.25, 0.3) is 0 Å². The Morgan fingerprint density at radius 2 is 2.41 bits per heavy atom. The summed E-state index contributed by atoms with van der Waals surface area (Å²) in [4.78, 5) is 17.4. The van der Waals surface area contributed by atoms with Crippen molar-refractivity contribution in [3.63, 3.8) is 0 Å². The van der Waals surface area contributed by atoms with E-state index in [1.807, 2.05) is 4.90 Å². The van der Waals surface area contributed by atoms with E-state index in [-0.39, 0.29) is 11.8 Å². The molecule has 1 aromatic heterocycles. The van der Waals surface area contributed by atoms with E-state index in [0.29, 0.717) is 12.4 Å². The van der Waals surface area contributed by atoms with Crippen LogP contribution in [0, 0.1) is 11.9 Å². The first kappa shape index (κ1) is 11.8. The zero-order chi connectivity index (χ0) is 12.3. The van der Waals surface area contributed by atoms with Gasteiger partial charge in [0.2, 0.25) is 11.9 Å². The number of halogens is 1. The molecule has 0 aliphatic carbocycles. The summed E-state index contributed by atoms with van der Waals surface area (Å²) < 4.78 is 13.0. The van der Waals surface area contributed by atoms with Crippen molar-refractivity contribution in [3.05, 3.63) is 24.1 Å². The molecule has 0 bridgehead atoms. The van der Waals surface area contributed by atoms with Crippen LogP contribution >= 0.6 is 0 Å². The average Bonchev–Trinajstić information content (AvgIpc) is 2.38. The Hall–Kier alpha value is -1.65. The largest absolute Gasteiger partial charge is 0.359 e. The number of piperidine rings is 1. The summed E-state index contributed by atoms with van der Waals surface area (Å²) in [7, 11) is 1.64. The third-order valence-electron chi connectivity index (χ3n) is 3.06. The van der Waals surface area contributed by atoms with Crippen molar-refractivity contribution in [3.8, 4) is 0 Å². The van der Waals surface area contributed by atoms with Crippen molar-refractivity contribution in [2.24, 2.45) is 5.92 Å². The number of hydrogen-bond acceptors (Lipinski definition) is 3. The number of rotatable bonds is 2. The molecule has 1 amide bonds. The normalized spacial score (nSPS) is 20.1. The summed E-state index contributed by atoms with van der Waals surface area (Å²) in [5.74, 6) is 0.146. The number of carbonyl (C=O) groups is 1. The van der Waals surface area contributed by atoms with E-state index in [4.69, 9.17) is 0 Å². The quantitative estimate of drug-likeness (QED) is 0.786. The SMILES string of the molecule is CNC(=O)[C@@H]1CCCN(c2cccc(F)n2)C1. The second-order valence-corrected chi connectivity index (χ2v) is 4.22. The van der Waals surface area contributed by atoms with Gasteiger partial charge in [0, 0.05) is 20.1 Å². The second-order valence-electron chi connectivity index (χ2n) is 4.22. The van der Waals surface area contributed by atoms with Crippen LogP contribution in [0.1, 0.15) is 12.8 Å². The molecule has 4 nitrogen and oxygen atoms in total. The van der Waals surface area contributed by atoms with Gasteiger partial charge in [0.15, 0.2) is 0 Å². The van der Waals surface area contributed by atoms with Crippen molar-refractivity contribution in [1.29, 1.82) is 0 Å². The van der Waals surface area contributed by atoms with E-state index >= 15 is 0 Å². The molecule has 5 heteroatoms. The number of hydrogen-bond donors (Lipinski definition) is 1. The van der Waals surface area contributed by atoms with Gasteiger partial charge in [-0.15, -0.1) is 0 Å². The lowest BCUT2D eigenvalue weighted by Gasteiger charge is -2.32. The summed E-state index contributed by atoms with van der Waals surface area (Å²) >= 11 is 0. The van der Waals surface area contributed by atoms with Crippen LogP contribution in [-0.2, 0) is 4.79 Å². The van der Waals surface area contributed by atoms with E-state index in [9.17, 15) is 9.18 Å². The van der Waals surface area contributed by atoms with Gasteiger partial charge in [-0.05, 0) is 25.0 Å². The Balaban J connectivity index is 2.09. The summed E-state index contributed by atoms with van der Waals surface area (Å²) in [6, 6.07) is 4.74. The van der Waals surface area contributed by atoms with Gasteiger partial charge < -0.3 is 10.2 Å². The van der Waals surface area contributed by atoms with Crippen molar-refractivity contribution >= 4 is 11.7 Å². The van der Waals surface area contributed by atoms with Gasteiger partial charge in [-0.3, -0.25) is 4.79 Å². The molecule has 1 atom stereocenters. The number of pyridine rings is 1.